The third kappa shape index (κ3) is 5.74. The Morgan fingerprint density at radius 1 is 0.960 bits per heavy atom. The number of anilines is 2. The van der Waals surface area contributed by atoms with Crippen LogP contribution in [0, 0.1) is 5.92 Å². The van der Waals surface area contributed by atoms with E-state index in [2.05, 4.69) is 16.0 Å². The molecule has 0 aromatic heterocycles. The summed E-state index contributed by atoms with van der Waals surface area (Å²) >= 11 is 0. The van der Waals surface area contributed by atoms with Gasteiger partial charge in [-0.1, -0.05) is 12.8 Å². The molecule has 0 radical (unpaired) electrons. The van der Waals surface area contributed by atoms with Crippen LogP contribution in [0.1, 0.15) is 44.9 Å². The fraction of sp³-hybridized carbons (Fsp3) is 0.579. The van der Waals surface area contributed by atoms with Gasteiger partial charge in [0.1, 0.15) is 0 Å². The second-order valence-corrected chi connectivity index (χ2v) is 6.95. The van der Waals surface area contributed by atoms with Gasteiger partial charge in [-0.25, -0.2) is 4.79 Å². The van der Waals surface area contributed by atoms with Gasteiger partial charge in [-0.2, -0.15) is 0 Å². The second kappa shape index (κ2) is 8.85. The van der Waals surface area contributed by atoms with E-state index in [9.17, 15) is 9.59 Å². The van der Waals surface area contributed by atoms with Crippen molar-refractivity contribution >= 4 is 23.3 Å². The van der Waals surface area contributed by atoms with E-state index in [1.165, 1.54) is 12.8 Å². The van der Waals surface area contributed by atoms with E-state index >= 15 is 0 Å². The number of hydrogen-bond acceptors (Lipinski definition) is 3. The van der Waals surface area contributed by atoms with E-state index in [0.29, 0.717) is 24.6 Å². The van der Waals surface area contributed by atoms with Gasteiger partial charge in [0.25, 0.3) is 0 Å². The molecule has 136 valence electrons. The lowest BCUT2D eigenvalue weighted by Crippen LogP contribution is -2.35. The number of urea groups is 1. The van der Waals surface area contributed by atoms with Gasteiger partial charge >= 0.3 is 6.03 Å². The number of hydrogen-bond donors (Lipinski definition) is 3. The Labute approximate surface area is 148 Å². The van der Waals surface area contributed by atoms with Crippen LogP contribution < -0.4 is 16.0 Å². The third-order valence-corrected chi connectivity index (χ3v) is 4.89. The van der Waals surface area contributed by atoms with Crippen molar-refractivity contribution in [2.24, 2.45) is 5.92 Å². The molecule has 6 nitrogen and oxygen atoms in total. The van der Waals surface area contributed by atoms with Gasteiger partial charge in [0.15, 0.2) is 0 Å². The van der Waals surface area contributed by atoms with Gasteiger partial charge in [-0.05, 0) is 55.9 Å². The van der Waals surface area contributed by atoms with Crippen molar-refractivity contribution < 1.29 is 14.3 Å². The molecule has 1 heterocycles. The minimum absolute atomic E-state index is 0.0712. The van der Waals surface area contributed by atoms with Gasteiger partial charge in [-0.15, -0.1) is 0 Å². The zero-order valence-corrected chi connectivity index (χ0v) is 14.6. The van der Waals surface area contributed by atoms with E-state index in [-0.39, 0.29) is 18.0 Å². The highest BCUT2D eigenvalue weighted by Gasteiger charge is 2.18. The average Bonchev–Trinajstić information content (AvgIpc) is 3.28. The maximum absolute atomic E-state index is 12.0. The van der Waals surface area contributed by atoms with Crippen molar-refractivity contribution in [3.05, 3.63) is 24.3 Å². The van der Waals surface area contributed by atoms with E-state index in [1.807, 2.05) is 12.1 Å². The molecule has 25 heavy (non-hydrogen) atoms. The molecular formula is C19H27N3O3. The van der Waals surface area contributed by atoms with Gasteiger partial charge in [0.2, 0.25) is 5.91 Å². The number of benzene rings is 1. The predicted octanol–water partition coefficient (Wildman–Crippen LogP) is 3.51. The molecule has 3 amide bonds. The van der Waals surface area contributed by atoms with Gasteiger partial charge in [0, 0.05) is 30.9 Å². The zero-order chi connectivity index (χ0) is 17.5. The van der Waals surface area contributed by atoms with Crippen LogP contribution in [0.5, 0.6) is 0 Å². The maximum atomic E-state index is 12.0. The molecule has 0 bridgehead atoms. The second-order valence-electron chi connectivity index (χ2n) is 6.95. The molecule has 1 atom stereocenters. The summed E-state index contributed by atoms with van der Waals surface area (Å²) in [7, 11) is 0. The Bertz CT molecular complexity index is 576. The van der Waals surface area contributed by atoms with E-state index in [4.69, 9.17) is 4.74 Å². The van der Waals surface area contributed by atoms with Crippen molar-refractivity contribution in [3.63, 3.8) is 0 Å². The smallest absolute Gasteiger partial charge is 0.319 e. The molecule has 1 aromatic rings. The van der Waals surface area contributed by atoms with Crippen LogP contribution in [-0.4, -0.2) is 31.2 Å². The molecule has 1 unspecified atom stereocenters. The highest BCUT2D eigenvalue weighted by molar-refractivity contribution is 5.92. The first-order valence-corrected chi connectivity index (χ1v) is 9.25. The number of rotatable bonds is 6. The van der Waals surface area contributed by atoms with E-state index < -0.39 is 0 Å². The van der Waals surface area contributed by atoms with Crippen molar-refractivity contribution in [2.45, 2.75) is 51.0 Å². The van der Waals surface area contributed by atoms with Crippen LogP contribution in [0.3, 0.4) is 0 Å². The van der Waals surface area contributed by atoms with Gasteiger partial charge < -0.3 is 20.7 Å². The monoisotopic (exact) mass is 345 g/mol. The Hall–Kier alpha value is -2.08. The van der Waals surface area contributed by atoms with Crippen LogP contribution in [-0.2, 0) is 9.53 Å². The predicted molar refractivity (Wildman–Crippen MR) is 97.6 cm³/mol. The molecule has 1 aliphatic carbocycles. The van der Waals surface area contributed by atoms with Crippen LogP contribution in [0.2, 0.25) is 0 Å². The van der Waals surface area contributed by atoms with Crippen LogP contribution in [0.4, 0.5) is 16.2 Å². The number of carbonyl (C=O) groups is 2. The zero-order valence-electron chi connectivity index (χ0n) is 14.6. The lowest BCUT2D eigenvalue weighted by atomic mass is 10.0. The van der Waals surface area contributed by atoms with Crippen LogP contribution in [0.15, 0.2) is 24.3 Å². The molecule has 3 rings (SSSR count). The Morgan fingerprint density at radius 3 is 2.28 bits per heavy atom. The standard InChI is InChI=1S/C19H27N3O3/c23-18(12-14-4-1-2-5-14)21-15-7-9-16(10-8-15)22-19(24)20-13-17-6-3-11-25-17/h7-10,14,17H,1-6,11-13H2,(H,21,23)(H2,20,22,24). The first-order chi connectivity index (χ1) is 12.2. The molecule has 1 saturated carbocycles. The number of amides is 3. The number of ether oxygens (including phenoxy) is 1. The summed E-state index contributed by atoms with van der Waals surface area (Å²) in [4.78, 5) is 23.9. The fourth-order valence-electron chi connectivity index (χ4n) is 3.51. The summed E-state index contributed by atoms with van der Waals surface area (Å²) < 4.78 is 5.47. The highest BCUT2D eigenvalue weighted by Crippen LogP contribution is 2.27. The fourth-order valence-corrected chi connectivity index (χ4v) is 3.51. The lowest BCUT2D eigenvalue weighted by Gasteiger charge is -2.12. The molecule has 1 aromatic carbocycles. The first kappa shape index (κ1) is 17.7. The summed E-state index contributed by atoms with van der Waals surface area (Å²) in [6.07, 6.45) is 7.60. The summed E-state index contributed by atoms with van der Waals surface area (Å²) in [6.45, 7) is 1.31. The Morgan fingerprint density at radius 2 is 1.64 bits per heavy atom. The molecule has 2 fully saturated rings. The molecule has 2 aliphatic rings. The molecule has 1 aliphatic heterocycles. The van der Waals surface area contributed by atoms with Crippen molar-refractivity contribution in [3.8, 4) is 0 Å². The molecule has 1 saturated heterocycles. The van der Waals surface area contributed by atoms with Crippen molar-refractivity contribution in [2.75, 3.05) is 23.8 Å². The summed E-state index contributed by atoms with van der Waals surface area (Å²) in [5.41, 5.74) is 1.45. The average molecular weight is 345 g/mol. The van der Waals surface area contributed by atoms with E-state index in [1.54, 1.807) is 12.1 Å². The first-order valence-electron chi connectivity index (χ1n) is 9.25. The normalized spacial score (nSPS) is 20.4. The summed E-state index contributed by atoms with van der Waals surface area (Å²) in [5, 5.41) is 8.53. The SMILES string of the molecule is O=C(CC1CCCC1)Nc1ccc(NC(=O)NCC2CCCO2)cc1. The number of carbonyl (C=O) groups excluding carboxylic acids is 2. The minimum atomic E-state index is -0.242. The highest BCUT2D eigenvalue weighted by atomic mass is 16.5. The van der Waals surface area contributed by atoms with E-state index in [0.717, 1.165) is 38.0 Å². The maximum Gasteiger partial charge on any atom is 0.319 e. The van der Waals surface area contributed by atoms with Gasteiger partial charge in [-0.3, -0.25) is 4.79 Å². The number of nitrogens with one attached hydrogen (secondary N) is 3. The van der Waals surface area contributed by atoms with Crippen LogP contribution in [0.25, 0.3) is 0 Å². The van der Waals surface area contributed by atoms with Crippen LogP contribution >= 0.6 is 0 Å². The Kier molecular flexibility index (Phi) is 6.28. The molecule has 0 spiro atoms. The third-order valence-electron chi connectivity index (χ3n) is 4.89. The molecule has 3 N–H and O–H groups in total. The van der Waals surface area contributed by atoms with Crippen molar-refractivity contribution in [1.29, 1.82) is 0 Å². The quantitative estimate of drug-likeness (QED) is 0.738. The lowest BCUT2D eigenvalue weighted by molar-refractivity contribution is -0.117. The van der Waals surface area contributed by atoms with Gasteiger partial charge in [0.05, 0.1) is 6.10 Å². The van der Waals surface area contributed by atoms with Crippen molar-refractivity contribution in [1.82, 2.24) is 5.32 Å². The summed E-state index contributed by atoms with van der Waals surface area (Å²) in [6, 6.07) is 6.95. The molecule has 6 heteroatoms. The molecular weight excluding hydrogens is 318 g/mol. The largest absolute Gasteiger partial charge is 0.376 e. The Balaban J connectivity index is 1.40. The summed E-state index contributed by atoms with van der Waals surface area (Å²) in [5.74, 6) is 0.607. The minimum Gasteiger partial charge on any atom is -0.376 e. The topological polar surface area (TPSA) is 79.5 Å².